The Morgan fingerprint density at radius 3 is 0.722 bits per heavy atom. The van der Waals surface area contributed by atoms with Gasteiger partial charge in [0.05, 0.1) is 60.4 Å². The summed E-state index contributed by atoms with van der Waals surface area (Å²) in [6.45, 7) is 8.68. The molecule has 1 spiro atoms. The monoisotopic (exact) mass is 1830 g/mol. The van der Waals surface area contributed by atoms with E-state index in [9.17, 15) is 0 Å². The lowest BCUT2D eigenvalue weighted by molar-refractivity contribution is 0.767. The third-order valence-corrected chi connectivity index (χ3v) is 32.0. The Labute approximate surface area is 837 Å². The Hall–Kier alpha value is -18.0. The molecule has 22 aromatic carbocycles. The molecule has 4 nitrogen and oxygen atoms in total. The lowest BCUT2D eigenvalue weighted by Gasteiger charge is -2.34. The second-order valence-corrected chi connectivity index (χ2v) is 39.8. The second kappa shape index (κ2) is 33.1. The first-order valence-electron chi connectivity index (χ1n) is 50.5. The molecule has 0 bridgehead atoms. The number of hydrogen-bond donors (Lipinski definition) is 0. The average Bonchev–Trinajstić information content (AvgIpc) is 1.51. The lowest BCUT2D eigenvalue weighted by Crippen LogP contribution is -2.28. The van der Waals surface area contributed by atoms with Gasteiger partial charge in [-0.2, -0.15) is 0 Å². The molecule has 0 atom stereocenters. The molecule has 0 saturated carbocycles. The van der Waals surface area contributed by atoms with Gasteiger partial charge >= 0.3 is 0 Å². The molecule has 0 amide bonds. The minimum absolute atomic E-state index is 0.329. The van der Waals surface area contributed by atoms with Gasteiger partial charge in [0.25, 0.3) is 0 Å². The third-order valence-electron chi connectivity index (χ3n) is 32.0. The minimum Gasteiger partial charge on any atom is -0.309 e. The van der Waals surface area contributed by atoms with Gasteiger partial charge < -0.3 is 18.3 Å². The van der Waals surface area contributed by atoms with Crippen molar-refractivity contribution in [3.8, 4) is 78.4 Å². The van der Waals surface area contributed by atoms with Crippen molar-refractivity contribution >= 4 is 87.2 Å². The van der Waals surface area contributed by atoms with Gasteiger partial charge in [-0.15, -0.1) is 0 Å². The zero-order chi connectivity index (χ0) is 95.6. The SMILES string of the molecule is Cc1ccc2c(c1)c1ccccc1n2-c1ccc(C2(c3ccccc3)c3ccccc3-c3ccccc32)cc1.Cc1ccc2c(c1)c1ccccc1n2-c1ccc2c(c1)C(c1ccccc1)(c1ccccc1)c1ccccc1-2.Cc1ccc2c(c1)c1ccccc1n2-c1ccc2c(c1)C1(c3ccccc3-c3ccccc31)c1ccccc1-2.Cc1ccc2c(c1)c1ccccc1n2-c1ccc2c(c1)Cc1ccccc1-2. The largest absolute Gasteiger partial charge is 0.309 e. The van der Waals surface area contributed by atoms with Gasteiger partial charge in [-0.1, -0.05) is 411 Å². The molecule has 0 fully saturated rings. The molecule has 0 aliphatic heterocycles. The summed E-state index contributed by atoms with van der Waals surface area (Å²) in [4.78, 5) is 0. The molecule has 26 aromatic rings. The van der Waals surface area contributed by atoms with Crippen LogP contribution in [0.4, 0.5) is 0 Å². The predicted octanol–water partition coefficient (Wildman–Crippen LogP) is 35.0. The molecule has 4 heterocycles. The zero-order valence-corrected chi connectivity index (χ0v) is 80.5. The number of benzene rings is 22. The molecule has 5 aliphatic rings. The first kappa shape index (κ1) is 84.1. The molecule has 0 saturated heterocycles. The highest BCUT2D eigenvalue weighted by Crippen LogP contribution is 2.64. The van der Waals surface area contributed by atoms with Crippen LogP contribution in [0.15, 0.2) is 510 Å². The fraction of sp³-hybridized carbons (Fsp3) is 0.0571. The Morgan fingerprint density at radius 1 is 0.146 bits per heavy atom. The molecule has 144 heavy (non-hydrogen) atoms. The second-order valence-electron chi connectivity index (χ2n) is 39.8. The summed E-state index contributed by atoms with van der Waals surface area (Å²) >= 11 is 0. The summed E-state index contributed by atoms with van der Waals surface area (Å²) in [6, 6.07) is 188. The summed E-state index contributed by atoms with van der Waals surface area (Å²) in [7, 11) is 0. The number of nitrogens with zero attached hydrogens (tertiary/aromatic N) is 4. The van der Waals surface area contributed by atoms with Gasteiger partial charge in [0.1, 0.15) is 0 Å². The van der Waals surface area contributed by atoms with E-state index in [4.69, 9.17) is 0 Å². The molecule has 31 rings (SSSR count). The number of fused-ring (bicyclic) bond motifs is 31. The highest BCUT2D eigenvalue weighted by Gasteiger charge is 2.53. The van der Waals surface area contributed by atoms with Crippen molar-refractivity contribution in [3.05, 3.63) is 610 Å². The molecule has 5 aliphatic carbocycles. The Bertz CT molecular complexity index is 9370. The Balaban J connectivity index is 0.0000000942. The van der Waals surface area contributed by atoms with Gasteiger partial charge in [-0.05, 0) is 289 Å². The first-order valence-corrected chi connectivity index (χ1v) is 50.5. The quantitative estimate of drug-likeness (QED) is 0.144. The number of aromatic nitrogens is 4. The maximum atomic E-state index is 2.47. The highest BCUT2D eigenvalue weighted by molar-refractivity contribution is 6.14. The maximum Gasteiger partial charge on any atom is 0.0726 e. The van der Waals surface area contributed by atoms with Gasteiger partial charge in [0.2, 0.25) is 0 Å². The zero-order valence-electron chi connectivity index (χ0n) is 80.5. The van der Waals surface area contributed by atoms with E-state index in [1.165, 1.54) is 266 Å². The highest BCUT2D eigenvalue weighted by atomic mass is 15.0. The topological polar surface area (TPSA) is 19.7 Å². The van der Waals surface area contributed by atoms with Crippen LogP contribution in [0, 0.1) is 27.7 Å². The van der Waals surface area contributed by atoms with E-state index in [1.54, 1.807) is 0 Å². The van der Waals surface area contributed by atoms with Gasteiger partial charge in [0, 0.05) is 65.8 Å². The van der Waals surface area contributed by atoms with Gasteiger partial charge in [0.15, 0.2) is 0 Å². The van der Waals surface area contributed by atoms with Gasteiger partial charge in [-0.25, -0.2) is 0 Å². The van der Waals surface area contributed by atoms with E-state index < -0.39 is 5.41 Å². The number of rotatable bonds is 8. The average molecular weight is 1840 g/mol. The van der Waals surface area contributed by atoms with Crippen LogP contribution in [0.25, 0.3) is 166 Å². The van der Waals surface area contributed by atoms with Crippen LogP contribution in [0.3, 0.4) is 0 Å². The Morgan fingerprint density at radius 2 is 0.375 bits per heavy atom. The van der Waals surface area contributed by atoms with E-state index in [1.807, 2.05) is 0 Å². The summed E-state index contributed by atoms with van der Waals surface area (Å²) in [5.41, 5.74) is 51.1. The van der Waals surface area contributed by atoms with Crippen LogP contribution in [0.5, 0.6) is 0 Å². The van der Waals surface area contributed by atoms with Gasteiger partial charge in [-0.3, -0.25) is 0 Å². The normalized spacial score (nSPS) is 13.4. The van der Waals surface area contributed by atoms with Crippen molar-refractivity contribution < 1.29 is 0 Å². The molecule has 0 N–H and O–H groups in total. The van der Waals surface area contributed by atoms with Crippen molar-refractivity contribution in [3.63, 3.8) is 0 Å². The first-order chi connectivity index (χ1) is 71.1. The molecule has 4 aromatic heterocycles. The van der Waals surface area contributed by atoms with Crippen LogP contribution in [0.2, 0.25) is 0 Å². The van der Waals surface area contributed by atoms with Crippen molar-refractivity contribution in [1.29, 1.82) is 0 Å². The fourth-order valence-corrected chi connectivity index (χ4v) is 26.1. The van der Waals surface area contributed by atoms with Crippen molar-refractivity contribution in [2.75, 3.05) is 0 Å². The van der Waals surface area contributed by atoms with Crippen LogP contribution < -0.4 is 0 Å². The van der Waals surface area contributed by atoms with Crippen molar-refractivity contribution in [1.82, 2.24) is 18.3 Å². The number of hydrogen-bond acceptors (Lipinski definition) is 0. The van der Waals surface area contributed by atoms with E-state index in [0.29, 0.717) is 0 Å². The molecule has 0 unspecified atom stereocenters. The smallest absolute Gasteiger partial charge is 0.0726 e. The molecular weight excluding hydrogens is 1740 g/mol. The number of para-hydroxylation sites is 4. The van der Waals surface area contributed by atoms with Crippen LogP contribution >= 0.6 is 0 Å². The molecular formula is C140H98N4. The maximum absolute atomic E-state index is 2.47. The van der Waals surface area contributed by atoms with E-state index in [0.717, 1.165) is 6.42 Å². The van der Waals surface area contributed by atoms with E-state index in [2.05, 4.69) is 556 Å². The van der Waals surface area contributed by atoms with Crippen LogP contribution in [-0.2, 0) is 22.7 Å². The summed E-state index contributed by atoms with van der Waals surface area (Å²) in [6.07, 6.45) is 1.02. The van der Waals surface area contributed by atoms with Crippen LogP contribution in [-0.4, -0.2) is 18.3 Å². The molecule has 678 valence electrons. The van der Waals surface area contributed by atoms with Crippen LogP contribution in [0.1, 0.15) is 100 Å². The number of aryl methyl sites for hydroxylation is 4. The minimum atomic E-state index is -0.403. The van der Waals surface area contributed by atoms with Crippen molar-refractivity contribution in [2.45, 2.75) is 50.4 Å². The summed E-state index contributed by atoms with van der Waals surface area (Å²) < 4.78 is 9.70. The Kier molecular flexibility index (Phi) is 19.3. The van der Waals surface area contributed by atoms with E-state index >= 15 is 0 Å². The fourth-order valence-electron chi connectivity index (χ4n) is 26.1. The van der Waals surface area contributed by atoms with E-state index in [-0.39, 0.29) is 10.8 Å². The standard InChI is InChI=1S/C38H25N.2C38H27N.C26H19N/c1-24-18-21-37-31(22-24)30-13-5-9-17-36(30)39(37)25-19-20-29-28-12-4-8-16-34(28)38(35(29)23-25)32-14-6-2-10-26(32)27-11-3-7-15-33(27)38;1-26-20-23-37-33(24-26)32-17-9-11-19-36(32)39(37)29-21-22-31-30-16-8-10-18-34(30)38(35(31)25-29,27-12-4-2-5-13-27)28-14-6-3-7-15-28;1-26-19-24-37-33(25-26)32-15-7-10-18-36(32)39(37)29-22-20-28(21-23-29)38(27-11-3-2-4-12-27)34-16-8-5-13-30(34)31-14-6-9-17-35(31)38;1-17-10-13-26-24(14-17)23-8-4-5-9-25(23)27(26)20-11-12-22-19(16-20)15-18-6-2-3-7-21(18)22/h2-23H,1H3;2*2-25H,1H3;2-14,16H,15H2,1H3. The third kappa shape index (κ3) is 12.5. The van der Waals surface area contributed by atoms with Crippen molar-refractivity contribution in [2.24, 2.45) is 0 Å². The summed E-state index contributed by atoms with van der Waals surface area (Å²) in [5, 5.41) is 10.4. The predicted molar refractivity (Wildman–Crippen MR) is 601 cm³/mol. The summed E-state index contributed by atoms with van der Waals surface area (Å²) in [5.74, 6) is 0. The lowest BCUT2D eigenvalue weighted by atomic mass is 9.67. The molecule has 4 heteroatoms. The molecule has 0 radical (unpaired) electrons.